The van der Waals surface area contributed by atoms with E-state index < -0.39 is 0 Å². The first-order valence-corrected chi connectivity index (χ1v) is 4.87. The molecule has 82 valence electrons. The number of nitrogens with two attached hydrogens (primary N) is 1. The van der Waals surface area contributed by atoms with E-state index in [9.17, 15) is 0 Å². The second kappa shape index (κ2) is 5.46. The number of nitrogens with zero attached hydrogens (tertiary/aromatic N) is 1. The van der Waals surface area contributed by atoms with Crippen molar-refractivity contribution in [3.63, 3.8) is 0 Å². The van der Waals surface area contributed by atoms with Crippen molar-refractivity contribution in [2.24, 2.45) is 16.8 Å². The fourth-order valence-corrected chi connectivity index (χ4v) is 1.06. The smallest absolute Gasteiger partial charge is 0.145 e. The summed E-state index contributed by atoms with van der Waals surface area (Å²) < 4.78 is 5.42. The normalized spacial score (nSPS) is 13.6. The molecule has 0 amide bonds. The summed E-state index contributed by atoms with van der Waals surface area (Å²) in [5, 5.41) is 12.0. The van der Waals surface area contributed by atoms with Crippen molar-refractivity contribution in [3.05, 3.63) is 29.3 Å². The average molecular weight is 229 g/mol. The number of benzene rings is 1. The third-order valence-electron chi connectivity index (χ3n) is 1.93. The van der Waals surface area contributed by atoms with E-state index >= 15 is 0 Å². The number of halogens is 1. The molecule has 0 radical (unpaired) electrons. The molecule has 0 aliphatic rings. The van der Waals surface area contributed by atoms with Crippen LogP contribution >= 0.6 is 11.6 Å². The summed E-state index contributed by atoms with van der Waals surface area (Å²) in [6, 6.07) is 7.01. The number of hydrogen-bond acceptors (Lipinski definition) is 3. The van der Waals surface area contributed by atoms with E-state index in [1.54, 1.807) is 24.3 Å². The maximum absolute atomic E-state index is 8.43. The van der Waals surface area contributed by atoms with Crippen LogP contribution in [-0.2, 0) is 0 Å². The first-order chi connectivity index (χ1) is 7.13. The van der Waals surface area contributed by atoms with Gasteiger partial charge in [-0.25, -0.2) is 0 Å². The fraction of sp³-hybridized carbons (Fsp3) is 0.300. The number of hydrogen-bond donors (Lipinski definition) is 2. The Kier molecular flexibility index (Phi) is 4.24. The van der Waals surface area contributed by atoms with Crippen molar-refractivity contribution in [1.82, 2.24) is 0 Å². The summed E-state index contributed by atoms with van der Waals surface area (Å²) in [5.74, 6) is 0.728. The molecule has 5 heteroatoms. The summed E-state index contributed by atoms with van der Waals surface area (Å²) in [6.07, 6.45) is 0. The highest BCUT2D eigenvalue weighted by molar-refractivity contribution is 6.30. The number of rotatable bonds is 4. The summed E-state index contributed by atoms with van der Waals surface area (Å²) in [7, 11) is 0. The Labute approximate surface area is 93.3 Å². The van der Waals surface area contributed by atoms with Crippen LogP contribution in [-0.4, -0.2) is 17.6 Å². The highest BCUT2D eigenvalue weighted by Gasteiger charge is 2.08. The molecule has 0 bridgehead atoms. The van der Waals surface area contributed by atoms with Crippen LogP contribution in [0.5, 0.6) is 5.75 Å². The molecule has 1 unspecified atom stereocenters. The van der Waals surface area contributed by atoms with Gasteiger partial charge in [0.05, 0.1) is 12.5 Å². The Morgan fingerprint density at radius 1 is 1.53 bits per heavy atom. The van der Waals surface area contributed by atoms with Gasteiger partial charge < -0.3 is 15.7 Å². The molecule has 0 fully saturated rings. The lowest BCUT2D eigenvalue weighted by Crippen LogP contribution is -2.26. The van der Waals surface area contributed by atoms with E-state index in [2.05, 4.69) is 5.16 Å². The summed E-state index contributed by atoms with van der Waals surface area (Å²) in [4.78, 5) is 0. The standard InChI is InChI=1S/C10H13ClN2O2/c1-7(10(12)13-14)6-15-9-4-2-8(11)3-5-9/h2-5,7,14H,6H2,1H3,(H2,12,13). The topological polar surface area (TPSA) is 67.8 Å². The molecule has 1 rings (SSSR count). The third kappa shape index (κ3) is 3.67. The first-order valence-electron chi connectivity index (χ1n) is 4.49. The van der Waals surface area contributed by atoms with Crippen molar-refractivity contribution in [2.75, 3.05) is 6.61 Å². The van der Waals surface area contributed by atoms with E-state index in [0.717, 1.165) is 0 Å². The maximum Gasteiger partial charge on any atom is 0.145 e. The first kappa shape index (κ1) is 11.7. The number of amidine groups is 1. The monoisotopic (exact) mass is 228 g/mol. The van der Waals surface area contributed by atoms with Gasteiger partial charge in [-0.1, -0.05) is 23.7 Å². The number of ether oxygens (including phenoxy) is 1. The Balaban J connectivity index is 2.47. The molecule has 1 atom stereocenters. The van der Waals surface area contributed by atoms with Crippen LogP contribution in [0.1, 0.15) is 6.92 Å². The Hall–Kier alpha value is -1.42. The van der Waals surface area contributed by atoms with E-state index in [1.165, 1.54) is 0 Å². The van der Waals surface area contributed by atoms with Gasteiger partial charge in [0.15, 0.2) is 0 Å². The maximum atomic E-state index is 8.43. The van der Waals surface area contributed by atoms with Crippen LogP contribution < -0.4 is 10.5 Å². The minimum atomic E-state index is -0.134. The zero-order valence-corrected chi connectivity index (χ0v) is 9.11. The molecular weight excluding hydrogens is 216 g/mol. The molecule has 1 aromatic carbocycles. The molecule has 0 spiro atoms. The van der Waals surface area contributed by atoms with Crippen molar-refractivity contribution in [1.29, 1.82) is 0 Å². The van der Waals surface area contributed by atoms with Gasteiger partial charge in [-0.3, -0.25) is 0 Å². The fourth-order valence-electron chi connectivity index (χ4n) is 0.936. The largest absolute Gasteiger partial charge is 0.493 e. The van der Waals surface area contributed by atoms with E-state index in [1.807, 2.05) is 6.92 Å². The van der Waals surface area contributed by atoms with Crippen LogP contribution in [0.4, 0.5) is 0 Å². The molecule has 0 aliphatic carbocycles. The van der Waals surface area contributed by atoms with Gasteiger partial charge in [-0.05, 0) is 24.3 Å². The summed E-state index contributed by atoms with van der Waals surface area (Å²) in [5.41, 5.74) is 5.40. The van der Waals surface area contributed by atoms with Crippen LogP contribution in [0.25, 0.3) is 0 Å². The molecule has 0 heterocycles. The molecule has 0 aromatic heterocycles. The summed E-state index contributed by atoms with van der Waals surface area (Å²) >= 11 is 5.72. The predicted octanol–water partition coefficient (Wildman–Crippen LogP) is 2.10. The van der Waals surface area contributed by atoms with Crippen molar-refractivity contribution >= 4 is 17.4 Å². The van der Waals surface area contributed by atoms with Gasteiger partial charge in [0.25, 0.3) is 0 Å². The van der Waals surface area contributed by atoms with Gasteiger partial charge in [0.2, 0.25) is 0 Å². The van der Waals surface area contributed by atoms with Crippen LogP contribution in [0.15, 0.2) is 29.4 Å². The zero-order chi connectivity index (χ0) is 11.3. The van der Waals surface area contributed by atoms with Gasteiger partial charge in [-0.15, -0.1) is 0 Å². The van der Waals surface area contributed by atoms with Crippen molar-refractivity contribution < 1.29 is 9.94 Å². The highest BCUT2D eigenvalue weighted by atomic mass is 35.5. The second-order valence-corrected chi connectivity index (χ2v) is 3.63. The quantitative estimate of drug-likeness (QED) is 0.359. The molecule has 15 heavy (non-hydrogen) atoms. The van der Waals surface area contributed by atoms with E-state index in [4.69, 9.17) is 27.3 Å². The lowest BCUT2D eigenvalue weighted by atomic mass is 10.2. The molecule has 1 aromatic rings. The van der Waals surface area contributed by atoms with Crippen LogP contribution in [0.3, 0.4) is 0 Å². The van der Waals surface area contributed by atoms with Gasteiger partial charge in [0.1, 0.15) is 11.6 Å². The van der Waals surface area contributed by atoms with Crippen LogP contribution in [0.2, 0.25) is 5.02 Å². The lowest BCUT2D eigenvalue weighted by molar-refractivity contribution is 0.279. The summed E-state index contributed by atoms with van der Waals surface area (Å²) in [6.45, 7) is 2.17. The molecule has 0 aliphatic heterocycles. The molecule has 0 saturated carbocycles. The SMILES string of the molecule is CC(COc1ccc(Cl)cc1)/C(N)=N/O. The number of oxime groups is 1. The molecular formula is C10H13ClN2O2. The van der Waals surface area contributed by atoms with Crippen molar-refractivity contribution in [3.8, 4) is 5.75 Å². The van der Waals surface area contributed by atoms with Crippen LogP contribution in [0, 0.1) is 5.92 Å². The highest BCUT2D eigenvalue weighted by Crippen LogP contribution is 2.16. The minimum Gasteiger partial charge on any atom is -0.493 e. The average Bonchev–Trinajstić information content (AvgIpc) is 2.26. The van der Waals surface area contributed by atoms with Gasteiger partial charge >= 0.3 is 0 Å². The van der Waals surface area contributed by atoms with Gasteiger partial charge in [0, 0.05) is 5.02 Å². The third-order valence-corrected chi connectivity index (χ3v) is 2.19. The Bertz CT molecular complexity index is 338. The Morgan fingerprint density at radius 3 is 2.67 bits per heavy atom. The van der Waals surface area contributed by atoms with E-state index in [-0.39, 0.29) is 11.8 Å². The van der Waals surface area contributed by atoms with Crippen molar-refractivity contribution in [2.45, 2.75) is 6.92 Å². The zero-order valence-electron chi connectivity index (χ0n) is 8.35. The predicted molar refractivity (Wildman–Crippen MR) is 59.5 cm³/mol. The molecule has 3 N–H and O–H groups in total. The lowest BCUT2D eigenvalue weighted by Gasteiger charge is -2.11. The molecule has 0 saturated heterocycles. The Morgan fingerprint density at radius 2 is 2.13 bits per heavy atom. The van der Waals surface area contributed by atoms with Gasteiger partial charge in [-0.2, -0.15) is 0 Å². The molecule has 4 nitrogen and oxygen atoms in total. The second-order valence-electron chi connectivity index (χ2n) is 3.19. The minimum absolute atomic E-state index is 0.134. The van der Waals surface area contributed by atoms with E-state index in [0.29, 0.717) is 17.4 Å².